The summed E-state index contributed by atoms with van der Waals surface area (Å²) in [6, 6.07) is 7.50. The second-order valence-electron chi connectivity index (χ2n) is 8.73. The van der Waals surface area contributed by atoms with Crippen LogP contribution < -0.4 is 15.4 Å². The molecule has 9 nitrogen and oxygen atoms in total. The number of carbonyl (C=O) groups excluding carboxylic acids is 1. The lowest BCUT2D eigenvalue weighted by molar-refractivity contribution is 0.0944. The lowest BCUT2D eigenvalue weighted by Gasteiger charge is -2.17. The Hall–Kier alpha value is -3.69. The number of hydrogen-bond acceptors (Lipinski definition) is 7. The van der Waals surface area contributed by atoms with Gasteiger partial charge in [0.2, 0.25) is 0 Å². The zero-order valence-electron chi connectivity index (χ0n) is 19.3. The van der Waals surface area contributed by atoms with Crippen LogP contribution in [-0.2, 0) is 4.74 Å². The van der Waals surface area contributed by atoms with E-state index >= 15 is 0 Å². The van der Waals surface area contributed by atoms with Crippen LogP contribution in [0.5, 0.6) is 5.75 Å². The highest BCUT2D eigenvalue weighted by Gasteiger charge is 2.48. The van der Waals surface area contributed by atoms with Gasteiger partial charge in [0.15, 0.2) is 11.6 Å². The third-order valence-corrected chi connectivity index (χ3v) is 6.95. The van der Waals surface area contributed by atoms with Crippen LogP contribution in [0.15, 0.2) is 36.7 Å². The number of amides is 1. The van der Waals surface area contributed by atoms with Gasteiger partial charge in [-0.2, -0.15) is 0 Å². The molecule has 6 rings (SSSR count). The van der Waals surface area contributed by atoms with Crippen molar-refractivity contribution in [1.29, 1.82) is 0 Å². The molecule has 4 aromatic rings. The Morgan fingerprint density at radius 2 is 2.09 bits per heavy atom. The topological polar surface area (TPSA) is 114 Å². The molecule has 1 amide bonds. The Balaban J connectivity index is 1.59. The first-order chi connectivity index (χ1) is 17.0. The van der Waals surface area contributed by atoms with Crippen LogP contribution in [-0.4, -0.2) is 46.1 Å². The zero-order chi connectivity index (χ0) is 24.3. The van der Waals surface area contributed by atoms with Gasteiger partial charge in [-0.15, -0.1) is 0 Å². The van der Waals surface area contributed by atoms with Gasteiger partial charge < -0.3 is 25.1 Å². The summed E-state index contributed by atoms with van der Waals surface area (Å²) in [6.07, 6.45) is 4.03. The van der Waals surface area contributed by atoms with E-state index in [1.165, 1.54) is 0 Å². The number of carbonyl (C=O) groups is 1. The maximum absolute atomic E-state index is 13.2. The number of anilines is 2. The third-order valence-electron chi connectivity index (χ3n) is 6.65. The molecule has 1 aliphatic heterocycles. The number of pyridine rings is 1. The number of para-hydroxylation sites is 1. The molecule has 0 saturated heterocycles. The minimum atomic E-state index is -0.282. The Kier molecular flexibility index (Phi) is 5.12. The Morgan fingerprint density at radius 3 is 2.89 bits per heavy atom. The van der Waals surface area contributed by atoms with Crippen molar-refractivity contribution in [2.45, 2.75) is 31.4 Å². The number of hydrogen-bond donors (Lipinski definition) is 3. The number of aromatic nitrogens is 4. The first kappa shape index (κ1) is 21.8. The lowest BCUT2D eigenvalue weighted by atomic mass is 10.0. The number of nitrogens with zero attached hydrogens (tertiary/aromatic N) is 3. The maximum Gasteiger partial charge on any atom is 0.255 e. The highest BCUT2D eigenvalue weighted by Crippen LogP contribution is 2.50. The van der Waals surface area contributed by atoms with E-state index in [-0.39, 0.29) is 24.0 Å². The maximum atomic E-state index is 13.2. The van der Waals surface area contributed by atoms with Crippen molar-refractivity contribution in [3.8, 4) is 17.0 Å². The summed E-state index contributed by atoms with van der Waals surface area (Å²) >= 11 is 6.38. The molecule has 3 aromatic heterocycles. The molecule has 1 aliphatic carbocycles. The number of aromatic amines is 1. The van der Waals surface area contributed by atoms with E-state index < -0.39 is 0 Å². The molecular formula is C25H23ClN6O3. The standard InChI is InChI=1S/C25H23ClN6O3/c1-11(34-2)24-28-10-17-19(32-24)12(7-8-27-17)21-22(29-15-6-4-5-14(26)23(15)35-3)18-20(31-21)13-9-16(13)30-25(18)33/h4-8,10-11,13,16,29,31H,9H2,1-3H3,(H,30,33)/t11-,13+,16-/m0/s1. The van der Waals surface area contributed by atoms with Crippen LogP contribution in [0.1, 0.15) is 47.2 Å². The first-order valence-corrected chi connectivity index (χ1v) is 11.7. The predicted molar refractivity (Wildman–Crippen MR) is 132 cm³/mol. The molecule has 2 aliphatic rings. The molecule has 0 spiro atoms. The zero-order valence-corrected chi connectivity index (χ0v) is 20.1. The van der Waals surface area contributed by atoms with E-state index in [9.17, 15) is 4.79 Å². The molecule has 1 saturated carbocycles. The molecule has 0 radical (unpaired) electrons. The molecule has 1 fully saturated rings. The fourth-order valence-electron chi connectivity index (χ4n) is 4.68. The van der Waals surface area contributed by atoms with Gasteiger partial charge in [0.05, 0.1) is 41.0 Å². The van der Waals surface area contributed by atoms with Crippen LogP contribution in [0.2, 0.25) is 5.02 Å². The molecule has 0 bridgehead atoms. The molecule has 0 unspecified atom stereocenters. The van der Waals surface area contributed by atoms with E-state index in [2.05, 4.69) is 25.6 Å². The van der Waals surface area contributed by atoms with Gasteiger partial charge in [0.25, 0.3) is 5.91 Å². The van der Waals surface area contributed by atoms with Crippen molar-refractivity contribution in [2.75, 3.05) is 19.5 Å². The summed E-state index contributed by atoms with van der Waals surface area (Å²) in [5, 5.41) is 7.00. The normalized spacial score (nSPS) is 19.0. The largest absolute Gasteiger partial charge is 0.493 e. The smallest absolute Gasteiger partial charge is 0.255 e. The highest BCUT2D eigenvalue weighted by atomic mass is 35.5. The number of fused-ring (bicyclic) bond motifs is 4. The average molecular weight is 491 g/mol. The summed E-state index contributed by atoms with van der Waals surface area (Å²) in [6.45, 7) is 1.89. The quantitative estimate of drug-likeness (QED) is 0.358. The molecule has 3 atom stereocenters. The van der Waals surface area contributed by atoms with Crippen molar-refractivity contribution >= 4 is 39.9 Å². The number of nitrogens with one attached hydrogen (secondary N) is 3. The lowest BCUT2D eigenvalue weighted by Crippen LogP contribution is -2.31. The van der Waals surface area contributed by atoms with Crippen molar-refractivity contribution < 1.29 is 14.3 Å². The van der Waals surface area contributed by atoms with E-state index in [1.807, 2.05) is 25.1 Å². The number of benzene rings is 1. The second kappa shape index (κ2) is 8.21. The van der Waals surface area contributed by atoms with Crippen molar-refractivity contribution in [3.63, 3.8) is 0 Å². The highest BCUT2D eigenvalue weighted by molar-refractivity contribution is 6.32. The van der Waals surface area contributed by atoms with Gasteiger partial charge in [-0.05, 0) is 31.5 Å². The second-order valence-corrected chi connectivity index (χ2v) is 9.14. The van der Waals surface area contributed by atoms with Crippen molar-refractivity contribution in [3.05, 3.63) is 58.8 Å². The first-order valence-electron chi connectivity index (χ1n) is 11.3. The van der Waals surface area contributed by atoms with Crippen LogP contribution >= 0.6 is 11.6 Å². The average Bonchev–Trinajstić information content (AvgIpc) is 3.55. The number of rotatable bonds is 6. The van der Waals surface area contributed by atoms with Crippen LogP contribution in [0.3, 0.4) is 0 Å². The van der Waals surface area contributed by atoms with Crippen LogP contribution in [0, 0.1) is 0 Å². The van der Waals surface area contributed by atoms with Crippen LogP contribution in [0.4, 0.5) is 11.4 Å². The fraction of sp³-hybridized carbons (Fsp3) is 0.280. The summed E-state index contributed by atoms with van der Waals surface area (Å²) in [4.78, 5) is 30.4. The molecular weight excluding hydrogens is 468 g/mol. The SMILES string of the molecule is COc1c(Cl)cccc1Nc1c(-c2ccnc3cnc([C@H](C)OC)nc23)[nH]c2c1C(=O)N[C@H]1C[C@@H]21. The van der Waals surface area contributed by atoms with Gasteiger partial charge in [-0.1, -0.05) is 17.7 Å². The predicted octanol–water partition coefficient (Wildman–Crippen LogP) is 4.73. The van der Waals surface area contributed by atoms with E-state index in [0.717, 1.165) is 23.4 Å². The number of halogens is 1. The molecule has 10 heteroatoms. The van der Waals surface area contributed by atoms with Gasteiger partial charge in [-0.25, -0.2) is 9.97 Å². The van der Waals surface area contributed by atoms with Crippen LogP contribution in [0.25, 0.3) is 22.3 Å². The van der Waals surface area contributed by atoms with Gasteiger partial charge >= 0.3 is 0 Å². The monoisotopic (exact) mass is 490 g/mol. The Labute approximate surface area is 206 Å². The van der Waals surface area contributed by atoms with Gasteiger partial charge in [0.1, 0.15) is 17.1 Å². The summed E-state index contributed by atoms with van der Waals surface area (Å²) < 4.78 is 11.0. The van der Waals surface area contributed by atoms with E-state index in [1.54, 1.807) is 32.7 Å². The summed E-state index contributed by atoms with van der Waals surface area (Å²) in [7, 11) is 3.18. The minimum Gasteiger partial charge on any atom is -0.493 e. The molecule has 1 aromatic carbocycles. The van der Waals surface area contributed by atoms with E-state index in [0.29, 0.717) is 44.6 Å². The van der Waals surface area contributed by atoms with Gasteiger partial charge in [-0.3, -0.25) is 9.78 Å². The fourth-order valence-corrected chi connectivity index (χ4v) is 4.93. The number of H-pyrrole nitrogens is 1. The Morgan fingerprint density at radius 1 is 1.23 bits per heavy atom. The minimum absolute atomic E-state index is 0.119. The molecule has 3 N–H and O–H groups in total. The summed E-state index contributed by atoms with van der Waals surface area (Å²) in [5.41, 5.74) is 5.63. The number of methoxy groups -OCH3 is 2. The third kappa shape index (κ3) is 3.50. The number of ether oxygens (including phenoxy) is 2. The van der Waals surface area contributed by atoms with E-state index in [4.69, 9.17) is 26.1 Å². The van der Waals surface area contributed by atoms with Crippen molar-refractivity contribution in [2.24, 2.45) is 0 Å². The molecule has 35 heavy (non-hydrogen) atoms. The molecule has 4 heterocycles. The summed E-state index contributed by atoms with van der Waals surface area (Å²) in [5.74, 6) is 1.18. The van der Waals surface area contributed by atoms with Gasteiger partial charge in [0, 0.05) is 36.5 Å². The molecule has 178 valence electrons. The Bertz CT molecular complexity index is 1490. The van der Waals surface area contributed by atoms with Crippen molar-refractivity contribution in [1.82, 2.24) is 25.3 Å².